The van der Waals surface area contributed by atoms with Crippen molar-refractivity contribution in [3.63, 3.8) is 0 Å². The molecule has 1 aliphatic rings. The molecule has 1 heterocycles. The van der Waals surface area contributed by atoms with Crippen LogP contribution < -0.4 is 0 Å². The van der Waals surface area contributed by atoms with E-state index in [1.165, 1.54) is 0 Å². The molecule has 0 saturated carbocycles. The van der Waals surface area contributed by atoms with Crippen molar-refractivity contribution in [2.24, 2.45) is 5.16 Å². The number of morpholine rings is 1. The number of oxime groups is 1. The Morgan fingerprint density at radius 3 is 2.74 bits per heavy atom. The molecule has 0 N–H and O–H groups in total. The third-order valence-corrected chi connectivity index (χ3v) is 3.38. The Bertz CT molecular complexity index is 402. The molecule has 1 unspecified atom stereocenters. The first-order valence-electron chi connectivity index (χ1n) is 6.48. The molecule has 1 fully saturated rings. The van der Waals surface area contributed by atoms with Crippen molar-refractivity contribution in [3.05, 3.63) is 34.9 Å². The standard InChI is InChI=1S/C14H19ClN2O2/c1-12(17-6-8-18-9-7-17)11-19-16-10-13-2-4-14(15)5-3-13/h2-5,10,12H,6-9,11H2,1H3/b16-10+. The molecule has 5 heteroatoms. The van der Waals surface area contributed by atoms with Gasteiger partial charge < -0.3 is 9.57 Å². The van der Waals surface area contributed by atoms with Crippen LogP contribution in [0.25, 0.3) is 0 Å². The Morgan fingerprint density at radius 2 is 2.05 bits per heavy atom. The summed E-state index contributed by atoms with van der Waals surface area (Å²) in [5.41, 5.74) is 0.975. The Morgan fingerprint density at radius 1 is 1.37 bits per heavy atom. The molecule has 0 amide bonds. The molecule has 19 heavy (non-hydrogen) atoms. The van der Waals surface area contributed by atoms with Gasteiger partial charge in [-0.3, -0.25) is 4.90 Å². The van der Waals surface area contributed by atoms with E-state index in [2.05, 4.69) is 17.0 Å². The van der Waals surface area contributed by atoms with E-state index in [-0.39, 0.29) is 0 Å². The van der Waals surface area contributed by atoms with E-state index in [9.17, 15) is 0 Å². The predicted molar refractivity (Wildman–Crippen MR) is 76.9 cm³/mol. The molecule has 104 valence electrons. The molecule has 1 saturated heterocycles. The van der Waals surface area contributed by atoms with Crippen LogP contribution in [0.1, 0.15) is 12.5 Å². The van der Waals surface area contributed by atoms with Crippen molar-refractivity contribution >= 4 is 17.8 Å². The van der Waals surface area contributed by atoms with E-state index < -0.39 is 0 Å². The van der Waals surface area contributed by atoms with Crippen LogP contribution in [0.4, 0.5) is 0 Å². The average Bonchev–Trinajstić information content (AvgIpc) is 2.46. The number of benzene rings is 1. The first kappa shape index (κ1) is 14.3. The largest absolute Gasteiger partial charge is 0.394 e. The Balaban J connectivity index is 1.71. The first-order valence-corrected chi connectivity index (χ1v) is 6.86. The second-order valence-electron chi connectivity index (χ2n) is 4.58. The Kier molecular flexibility index (Phi) is 5.63. The van der Waals surface area contributed by atoms with Gasteiger partial charge in [-0.2, -0.15) is 0 Å². The van der Waals surface area contributed by atoms with Gasteiger partial charge in [0.1, 0.15) is 6.61 Å². The summed E-state index contributed by atoms with van der Waals surface area (Å²) in [5.74, 6) is 0. The number of hydrogen-bond acceptors (Lipinski definition) is 4. The van der Waals surface area contributed by atoms with Crippen LogP contribution in [-0.2, 0) is 9.57 Å². The normalized spacial score (nSPS) is 18.6. The maximum absolute atomic E-state index is 5.81. The molecule has 4 nitrogen and oxygen atoms in total. The highest BCUT2D eigenvalue weighted by Crippen LogP contribution is 2.08. The number of ether oxygens (including phenoxy) is 1. The van der Waals surface area contributed by atoms with Crippen LogP contribution in [0.3, 0.4) is 0 Å². The molecule has 1 atom stereocenters. The maximum atomic E-state index is 5.81. The summed E-state index contributed by atoms with van der Waals surface area (Å²) < 4.78 is 5.32. The molecule has 1 aromatic rings. The molecule has 1 aromatic carbocycles. The lowest BCUT2D eigenvalue weighted by Crippen LogP contribution is -2.43. The summed E-state index contributed by atoms with van der Waals surface area (Å²) >= 11 is 5.81. The minimum atomic E-state index is 0.353. The van der Waals surface area contributed by atoms with E-state index in [1.807, 2.05) is 24.3 Å². The lowest BCUT2D eigenvalue weighted by molar-refractivity contribution is -0.00447. The van der Waals surface area contributed by atoms with Crippen molar-refractivity contribution in [1.29, 1.82) is 0 Å². The molecular weight excluding hydrogens is 264 g/mol. The SMILES string of the molecule is CC(CO/N=C/c1ccc(Cl)cc1)N1CCOCC1. The third-order valence-electron chi connectivity index (χ3n) is 3.13. The monoisotopic (exact) mass is 282 g/mol. The zero-order valence-electron chi connectivity index (χ0n) is 11.1. The zero-order valence-corrected chi connectivity index (χ0v) is 11.8. The van der Waals surface area contributed by atoms with Crippen molar-refractivity contribution in [1.82, 2.24) is 4.90 Å². The Labute approximate surface area is 118 Å². The highest BCUT2D eigenvalue weighted by molar-refractivity contribution is 6.30. The second-order valence-corrected chi connectivity index (χ2v) is 5.02. The summed E-state index contributed by atoms with van der Waals surface area (Å²) in [4.78, 5) is 7.69. The predicted octanol–water partition coefficient (Wildman–Crippen LogP) is 2.41. The van der Waals surface area contributed by atoms with Gasteiger partial charge in [-0.1, -0.05) is 28.9 Å². The van der Waals surface area contributed by atoms with Gasteiger partial charge in [0, 0.05) is 24.2 Å². The number of nitrogens with zero attached hydrogens (tertiary/aromatic N) is 2. The molecule has 1 aliphatic heterocycles. The summed E-state index contributed by atoms with van der Waals surface area (Å²) in [7, 11) is 0. The van der Waals surface area contributed by atoms with Crippen molar-refractivity contribution < 1.29 is 9.57 Å². The smallest absolute Gasteiger partial charge is 0.132 e. The van der Waals surface area contributed by atoms with Crippen LogP contribution in [-0.4, -0.2) is 50.1 Å². The molecular formula is C14H19ClN2O2. The van der Waals surface area contributed by atoms with Crippen LogP contribution in [0, 0.1) is 0 Å². The number of rotatable bonds is 5. The van der Waals surface area contributed by atoms with Gasteiger partial charge in [0.15, 0.2) is 0 Å². The molecule has 0 aliphatic carbocycles. The van der Waals surface area contributed by atoms with Gasteiger partial charge in [0.2, 0.25) is 0 Å². The van der Waals surface area contributed by atoms with Gasteiger partial charge >= 0.3 is 0 Å². The molecule has 0 spiro atoms. The third kappa shape index (κ3) is 4.82. The second kappa shape index (κ2) is 7.48. The van der Waals surface area contributed by atoms with Gasteiger partial charge in [0.25, 0.3) is 0 Å². The average molecular weight is 283 g/mol. The van der Waals surface area contributed by atoms with Gasteiger partial charge in [-0.15, -0.1) is 0 Å². The quantitative estimate of drug-likeness (QED) is 0.614. The maximum Gasteiger partial charge on any atom is 0.132 e. The van der Waals surface area contributed by atoms with E-state index >= 15 is 0 Å². The van der Waals surface area contributed by atoms with Crippen LogP contribution in [0.5, 0.6) is 0 Å². The summed E-state index contributed by atoms with van der Waals surface area (Å²) in [6, 6.07) is 7.82. The van der Waals surface area contributed by atoms with Crippen molar-refractivity contribution in [3.8, 4) is 0 Å². The van der Waals surface area contributed by atoms with Crippen molar-refractivity contribution in [2.45, 2.75) is 13.0 Å². The van der Waals surface area contributed by atoms with Crippen molar-refractivity contribution in [2.75, 3.05) is 32.9 Å². The molecule has 2 rings (SSSR count). The number of hydrogen-bond donors (Lipinski definition) is 0. The summed E-state index contributed by atoms with van der Waals surface area (Å²) in [6.07, 6.45) is 1.70. The highest BCUT2D eigenvalue weighted by Gasteiger charge is 2.16. The molecule has 0 aromatic heterocycles. The Hall–Kier alpha value is -1.10. The van der Waals surface area contributed by atoms with E-state index in [0.717, 1.165) is 36.9 Å². The summed E-state index contributed by atoms with van der Waals surface area (Å²) in [5, 5.41) is 4.70. The topological polar surface area (TPSA) is 34.1 Å². The first-order chi connectivity index (χ1) is 9.25. The van der Waals surface area contributed by atoms with E-state index in [1.54, 1.807) is 6.21 Å². The van der Waals surface area contributed by atoms with E-state index in [0.29, 0.717) is 12.6 Å². The lowest BCUT2D eigenvalue weighted by atomic mass is 10.2. The fourth-order valence-electron chi connectivity index (χ4n) is 1.92. The minimum absolute atomic E-state index is 0.353. The number of halogens is 1. The van der Waals surface area contributed by atoms with Crippen LogP contribution >= 0.6 is 11.6 Å². The molecule has 0 radical (unpaired) electrons. The van der Waals surface area contributed by atoms with Gasteiger partial charge in [-0.05, 0) is 24.6 Å². The van der Waals surface area contributed by atoms with Gasteiger partial charge in [-0.25, -0.2) is 0 Å². The fourth-order valence-corrected chi connectivity index (χ4v) is 2.05. The van der Waals surface area contributed by atoms with Gasteiger partial charge in [0.05, 0.1) is 19.4 Å². The highest BCUT2D eigenvalue weighted by atomic mass is 35.5. The van der Waals surface area contributed by atoms with Crippen LogP contribution in [0.15, 0.2) is 29.4 Å². The lowest BCUT2D eigenvalue weighted by Gasteiger charge is -2.31. The molecule has 0 bridgehead atoms. The van der Waals surface area contributed by atoms with Crippen LogP contribution in [0.2, 0.25) is 5.02 Å². The fraction of sp³-hybridized carbons (Fsp3) is 0.500. The minimum Gasteiger partial charge on any atom is -0.394 e. The van der Waals surface area contributed by atoms with E-state index in [4.69, 9.17) is 21.2 Å². The zero-order chi connectivity index (χ0) is 13.5. The summed E-state index contributed by atoms with van der Waals surface area (Å²) in [6.45, 7) is 6.26.